The summed E-state index contributed by atoms with van der Waals surface area (Å²) in [6.07, 6.45) is 1.51. The Morgan fingerprint density at radius 3 is 2.67 bits per heavy atom. The molecule has 0 radical (unpaired) electrons. The van der Waals surface area contributed by atoms with Crippen LogP contribution in [-0.2, 0) is 16.8 Å². The number of aliphatic carboxylic acids is 1. The monoisotopic (exact) mass is 205 g/mol. The number of hydrogen-bond donors (Lipinski definition) is 1. The molecular weight excluding hydrogens is 190 g/mol. The van der Waals surface area contributed by atoms with Crippen LogP contribution in [0.2, 0.25) is 0 Å². The molecule has 0 saturated carbocycles. The van der Waals surface area contributed by atoms with Crippen LogP contribution in [0.5, 0.6) is 0 Å². The van der Waals surface area contributed by atoms with Gasteiger partial charge in [-0.25, -0.2) is 4.79 Å². The summed E-state index contributed by atoms with van der Waals surface area (Å²) < 4.78 is 0. The molecule has 0 aromatic heterocycles. The van der Waals surface area contributed by atoms with Crippen LogP contribution in [0.4, 0.5) is 0 Å². The minimum Gasteiger partial charge on any atom is -0.480 e. The van der Waals surface area contributed by atoms with E-state index < -0.39 is 11.5 Å². The van der Waals surface area contributed by atoms with Gasteiger partial charge in [0.05, 0.1) is 0 Å². The van der Waals surface area contributed by atoms with E-state index >= 15 is 0 Å². The quantitative estimate of drug-likeness (QED) is 0.795. The molecule has 3 heteroatoms. The summed E-state index contributed by atoms with van der Waals surface area (Å²) >= 11 is 0. The fourth-order valence-corrected chi connectivity index (χ4v) is 2.47. The molecule has 0 aliphatic heterocycles. The van der Waals surface area contributed by atoms with Crippen LogP contribution in [-0.4, -0.2) is 30.1 Å². The summed E-state index contributed by atoms with van der Waals surface area (Å²) in [6, 6.07) is 7.82. The molecule has 1 N–H and O–H groups in total. The first-order chi connectivity index (χ1) is 7.09. The lowest BCUT2D eigenvalue weighted by molar-refractivity contribution is -0.150. The SMILES string of the molecule is CN(C)[C@@]1(C(=O)O)CCc2ccccc21. The van der Waals surface area contributed by atoms with E-state index in [-0.39, 0.29) is 0 Å². The van der Waals surface area contributed by atoms with Crippen molar-refractivity contribution in [3.63, 3.8) is 0 Å². The fraction of sp³-hybridized carbons (Fsp3) is 0.417. The summed E-state index contributed by atoms with van der Waals surface area (Å²) in [5.41, 5.74) is 1.28. The van der Waals surface area contributed by atoms with E-state index in [0.717, 1.165) is 17.5 Å². The molecule has 0 heterocycles. The average Bonchev–Trinajstić information content (AvgIpc) is 2.57. The highest BCUT2D eigenvalue weighted by atomic mass is 16.4. The summed E-state index contributed by atoms with van der Waals surface area (Å²) in [4.78, 5) is 13.3. The minimum absolute atomic E-state index is 0.661. The number of carbonyl (C=O) groups is 1. The highest BCUT2D eigenvalue weighted by Crippen LogP contribution is 2.40. The second-order valence-corrected chi connectivity index (χ2v) is 4.22. The normalized spacial score (nSPS) is 24.2. The highest BCUT2D eigenvalue weighted by Gasteiger charge is 2.47. The van der Waals surface area contributed by atoms with Gasteiger partial charge in [-0.05, 0) is 38.1 Å². The largest absolute Gasteiger partial charge is 0.480 e. The number of hydrogen-bond acceptors (Lipinski definition) is 2. The fourth-order valence-electron chi connectivity index (χ4n) is 2.47. The van der Waals surface area contributed by atoms with Crippen LogP contribution in [0.1, 0.15) is 17.5 Å². The summed E-state index contributed by atoms with van der Waals surface area (Å²) in [5, 5.41) is 9.44. The predicted molar refractivity (Wildman–Crippen MR) is 57.8 cm³/mol. The van der Waals surface area contributed by atoms with Crippen molar-refractivity contribution in [1.29, 1.82) is 0 Å². The van der Waals surface area contributed by atoms with Crippen molar-refractivity contribution in [3.8, 4) is 0 Å². The molecule has 2 rings (SSSR count). The Balaban J connectivity index is 2.59. The van der Waals surface area contributed by atoms with Gasteiger partial charge in [0, 0.05) is 0 Å². The Hall–Kier alpha value is -1.35. The lowest BCUT2D eigenvalue weighted by Crippen LogP contribution is -2.46. The maximum Gasteiger partial charge on any atom is 0.328 e. The molecule has 1 atom stereocenters. The van der Waals surface area contributed by atoms with E-state index in [0.29, 0.717) is 6.42 Å². The zero-order valence-electron chi connectivity index (χ0n) is 9.03. The number of rotatable bonds is 2. The number of fused-ring (bicyclic) bond motifs is 1. The van der Waals surface area contributed by atoms with Crippen molar-refractivity contribution < 1.29 is 9.90 Å². The third-order valence-corrected chi connectivity index (χ3v) is 3.34. The van der Waals surface area contributed by atoms with Gasteiger partial charge in [-0.15, -0.1) is 0 Å². The first kappa shape index (κ1) is 10.2. The molecule has 0 unspecified atom stereocenters. The number of aryl methyl sites for hydroxylation is 1. The smallest absolute Gasteiger partial charge is 0.328 e. The van der Waals surface area contributed by atoms with E-state index in [1.165, 1.54) is 0 Å². The number of benzene rings is 1. The molecule has 15 heavy (non-hydrogen) atoms. The summed E-state index contributed by atoms with van der Waals surface area (Å²) in [7, 11) is 3.66. The average molecular weight is 205 g/mol. The van der Waals surface area contributed by atoms with Gasteiger partial charge < -0.3 is 5.11 Å². The molecular formula is C12H15NO2. The van der Waals surface area contributed by atoms with Crippen molar-refractivity contribution in [3.05, 3.63) is 35.4 Å². The molecule has 0 fully saturated rings. The molecule has 0 saturated heterocycles. The molecule has 1 aromatic rings. The highest BCUT2D eigenvalue weighted by molar-refractivity contribution is 5.82. The second-order valence-electron chi connectivity index (χ2n) is 4.22. The molecule has 1 aliphatic carbocycles. The number of carboxylic acids is 1. The minimum atomic E-state index is -0.823. The summed E-state index contributed by atoms with van der Waals surface area (Å²) in [6.45, 7) is 0. The molecule has 1 aliphatic rings. The van der Waals surface area contributed by atoms with Gasteiger partial charge in [-0.3, -0.25) is 4.90 Å². The van der Waals surface area contributed by atoms with E-state index in [2.05, 4.69) is 0 Å². The van der Waals surface area contributed by atoms with Crippen LogP contribution in [0.15, 0.2) is 24.3 Å². The number of nitrogens with zero attached hydrogens (tertiary/aromatic N) is 1. The van der Waals surface area contributed by atoms with E-state index in [4.69, 9.17) is 0 Å². The Morgan fingerprint density at radius 1 is 1.40 bits per heavy atom. The number of likely N-dealkylation sites (N-methyl/N-ethyl adjacent to an activating group) is 1. The van der Waals surface area contributed by atoms with Crippen molar-refractivity contribution in [1.82, 2.24) is 4.90 Å². The van der Waals surface area contributed by atoms with Gasteiger partial charge in [-0.1, -0.05) is 24.3 Å². The maximum absolute atomic E-state index is 11.5. The Labute approximate surface area is 89.3 Å². The third-order valence-electron chi connectivity index (χ3n) is 3.34. The van der Waals surface area contributed by atoms with Gasteiger partial charge in [0.1, 0.15) is 5.54 Å². The van der Waals surface area contributed by atoms with Crippen LogP contribution in [0.25, 0.3) is 0 Å². The number of carboxylic acid groups (broad SMARTS) is 1. The maximum atomic E-state index is 11.5. The van der Waals surface area contributed by atoms with Crippen molar-refractivity contribution in [2.75, 3.05) is 14.1 Å². The van der Waals surface area contributed by atoms with Crippen LogP contribution < -0.4 is 0 Å². The molecule has 0 spiro atoms. The molecule has 3 nitrogen and oxygen atoms in total. The van der Waals surface area contributed by atoms with E-state index in [9.17, 15) is 9.90 Å². The van der Waals surface area contributed by atoms with Crippen molar-refractivity contribution >= 4 is 5.97 Å². The Kier molecular flexibility index (Phi) is 2.27. The van der Waals surface area contributed by atoms with Crippen LogP contribution in [0.3, 0.4) is 0 Å². The molecule has 0 amide bonds. The van der Waals surface area contributed by atoms with Crippen LogP contribution >= 0.6 is 0 Å². The molecule has 80 valence electrons. The van der Waals surface area contributed by atoms with E-state index in [1.807, 2.05) is 38.4 Å². The lowest BCUT2D eigenvalue weighted by atomic mass is 9.90. The topological polar surface area (TPSA) is 40.5 Å². The standard InChI is InChI=1S/C12H15NO2/c1-13(2)12(11(14)15)8-7-9-5-3-4-6-10(9)12/h3-6H,7-8H2,1-2H3,(H,14,15)/t12-/m0/s1. The molecule has 1 aromatic carbocycles. The lowest BCUT2D eigenvalue weighted by Gasteiger charge is -2.32. The predicted octanol–water partition coefficient (Wildman–Crippen LogP) is 1.47. The second kappa shape index (κ2) is 3.35. The van der Waals surface area contributed by atoms with Gasteiger partial charge >= 0.3 is 5.97 Å². The van der Waals surface area contributed by atoms with Crippen molar-refractivity contribution in [2.45, 2.75) is 18.4 Å². The Morgan fingerprint density at radius 2 is 2.07 bits per heavy atom. The van der Waals surface area contributed by atoms with E-state index in [1.54, 1.807) is 4.90 Å². The van der Waals surface area contributed by atoms with Crippen LogP contribution in [0, 0.1) is 0 Å². The van der Waals surface area contributed by atoms with Gasteiger partial charge in [-0.2, -0.15) is 0 Å². The van der Waals surface area contributed by atoms with Gasteiger partial charge in [0.2, 0.25) is 0 Å². The van der Waals surface area contributed by atoms with Crippen molar-refractivity contribution in [2.24, 2.45) is 0 Å². The Bertz CT molecular complexity index is 400. The first-order valence-electron chi connectivity index (χ1n) is 5.08. The summed E-state index contributed by atoms with van der Waals surface area (Å²) in [5.74, 6) is -0.752. The van der Waals surface area contributed by atoms with Gasteiger partial charge in [0.25, 0.3) is 0 Å². The molecule has 0 bridgehead atoms. The first-order valence-corrected chi connectivity index (χ1v) is 5.08. The zero-order chi connectivity index (χ0) is 11.1. The van der Waals surface area contributed by atoms with Gasteiger partial charge in [0.15, 0.2) is 0 Å². The zero-order valence-corrected chi connectivity index (χ0v) is 9.03. The third kappa shape index (κ3) is 1.27.